The quantitative estimate of drug-likeness (QED) is 0.827. The Morgan fingerprint density at radius 3 is 3.00 bits per heavy atom. The van der Waals surface area contributed by atoms with Crippen LogP contribution >= 0.6 is 0 Å². The van der Waals surface area contributed by atoms with Gasteiger partial charge in [-0.2, -0.15) is 4.98 Å². The summed E-state index contributed by atoms with van der Waals surface area (Å²) >= 11 is 0. The molecule has 20 heavy (non-hydrogen) atoms. The number of ether oxygens (including phenoxy) is 1. The van der Waals surface area contributed by atoms with Gasteiger partial charge in [-0.1, -0.05) is 13.8 Å². The minimum atomic E-state index is 0.549. The zero-order valence-corrected chi connectivity index (χ0v) is 12.8. The maximum absolute atomic E-state index is 5.48. The zero-order valence-electron chi connectivity index (χ0n) is 12.8. The van der Waals surface area contributed by atoms with Crippen molar-refractivity contribution in [2.75, 3.05) is 31.1 Å². The third kappa shape index (κ3) is 4.34. The lowest BCUT2D eigenvalue weighted by atomic mass is 10.1. The molecule has 1 aliphatic rings. The van der Waals surface area contributed by atoms with Gasteiger partial charge in [0.2, 0.25) is 11.8 Å². The van der Waals surface area contributed by atoms with Crippen LogP contribution in [0.4, 0.5) is 5.95 Å². The second kappa shape index (κ2) is 7.43. The van der Waals surface area contributed by atoms with Gasteiger partial charge < -0.3 is 15.0 Å². The van der Waals surface area contributed by atoms with Crippen LogP contribution in [0, 0.1) is 5.92 Å². The largest absolute Gasteiger partial charge is 0.478 e. The lowest BCUT2D eigenvalue weighted by Crippen LogP contribution is -2.40. The summed E-state index contributed by atoms with van der Waals surface area (Å²) in [6, 6.07) is 2.36. The van der Waals surface area contributed by atoms with Gasteiger partial charge in [-0.3, -0.25) is 0 Å². The molecule has 0 aromatic carbocycles. The van der Waals surface area contributed by atoms with Crippen molar-refractivity contribution in [3.05, 3.63) is 12.3 Å². The molecule has 1 atom stereocenters. The molecule has 0 saturated carbocycles. The van der Waals surface area contributed by atoms with E-state index in [0.29, 0.717) is 24.4 Å². The SMILES string of the molecule is CCOc1ccnc(N(CC(C)C)CC2CCCN2)n1. The van der Waals surface area contributed by atoms with Crippen molar-refractivity contribution in [3.8, 4) is 5.88 Å². The number of nitrogens with zero attached hydrogens (tertiary/aromatic N) is 3. The summed E-state index contributed by atoms with van der Waals surface area (Å²) in [4.78, 5) is 11.2. The fraction of sp³-hybridized carbons (Fsp3) is 0.733. The average Bonchev–Trinajstić information content (AvgIpc) is 2.91. The molecule has 1 fully saturated rings. The van der Waals surface area contributed by atoms with E-state index >= 15 is 0 Å². The first-order valence-electron chi connectivity index (χ1n) is 7.63. The van der Waals surface area contributed by atoms with Crippen LogP contribution in [-0.2, 0) is 0 Å². The van der Waals surface area contributed by atoms with E-state index in [9.17, 15) is 0 Å². The standard InChI is InChI=1S/C15H26N4O/c1-4-20-14-7-9-17-15(18-14)19(10-12(2)3)11-13-6-5-8-16-13/h7,9,12-13,16H,4-6,8,10-11H2,1-3H3. The molecule has 5 heteroatoms. The lowest BCUT2D eigenvalue weighted by molar-refractivity contribution is 0.326. The summed E-state index contributed by atoms with van der Waals surface area (Å²) in [5.74, 6) is 2.01. The summed E-state index contributed by atoms with van der Waals surface area (Å²) in [5.41, 5.74) is 0. The van der Waals surface area contributed by atoms with Gasteiger partial charge in [0.15, 0.2) is 0 Å². The summed E-state index contributed by atoms with van der Waals surface area (Å²) in [6.07, 6.45) is 4.28. The highest BCUT2D eigenvalue weighted by molar-refractivity contribution is 5.32. The van der Waals surface area contributed by atoms with E-state index in [4.69, 9.17) is 4.74 Å². The van der Waals surface area contributed by atoms with Crippen molar-refractivity contribution in [1.29, 1.82) is 0 Å². The smallest absolute Gasteiger partial charge is 0.228 e. The van der Waals surface area contributed by atoms with E-state index < -0.39 is 0 Å². The highest BCUT2D eigenvalue weighted by Crippen LogP contribution is 2.17. The van der Waals surface area contributed by atoms with Gasteiger partial charge in [0.1, 0.15) is 0 Å². The molecule has 5 nitrogen and oxygen atoms in total. The first-order valence-corrected chi connectivity index (χ1v) is 7.63. The highest BCUT2D eigenvalue weighted by atomic mass is 16.5. The van der Waals surface area contributed by atoms with E-state index in [2.05, 4.69) is 34.0 Å². The molecule has 0 aliphatic carbocycles. The summed E-state index contributed by atoms with van der Waals surface area (Å²) in [5, 5.41) is 3.54. The molecule has 112 valence electrons. The molecule has 1 aromatic heterocycles. The van der Waals surface area contributed by atoms with Crippen LogP contribution in [0.25, 0.3) is 0 Å². The predicted molar refractivity (Wildman–Crippen MR) is 81.3 cm³/mol. The number of nitrogens with one attached hydrogen (secondary N) is 1. The van der Waals surface area contributed by atoms with E-state index in [1.165, 1.54) is 12.8 Å². The van der Waals surface area contributed by atoms with Crippen LogP contribution in [0.15, 0.2) is 12.3 Å². The molecule has 1 saturated heterocycles. The highest BCUT2D eigenvalue weighted by Gasteiger charge is 2.20. The Morgan fingerprint density at radius 1 is 1.50 bits per heavy atom. The van der Waals surface area contributed by atoms with Gasteiger partial charge in [-0.15, -0.1) is 0 Å². The molecular weight excluding hydrogens is 252 g/mol. The van der Waals surface area contributed by atoms with E-state index in [1.54, 1.807) is 6.20 Å². The van der Waals surface area contributed by atoms with Crippen molar-refractivity contribution in [1.82, 2.24) is 15.3 Å². The van der Waals surface area contributed by atoms with E-state index in [-0.39, 0.29) is 0 Å². The Bertz CT molecular complexity index is 405. The summed E-state index contributed by atoms with van der Waals surface area (Å²) < 4.78 is 5.48. The van der Waals surface area contributed by atoms with Crippen LogP contribution in [0.3, 0.4) is 0 Å². The van der Waals surface area contributed by atoms with Crippen molar-refractivity contribution in [2.24, 2.45) is 5.92 Å². The molecule has 0 spiro atoms. The third-order valence-corrected chi connectivity index (χ3v) is 3.38. The van der Waals surface area contributed by atoms with Crippen LogP contribution in [-0.4, -0.2) is 42.3 Å². The molecule has 0 bridgehead atoms. The minimum absolute atomic E-state index is 0.549. The van der Waals surface area contributed by atoms with Gasteiger partial charge >= 0.3 is 0 Å². The Kier molecular flexibility index (Phi) is 5.59. The monoisotopic (exact) mass is 278 g/mol. The van der Waals surface area contributed by atoms with Crippen LogP contribution in [0.1, 0.15) is 33.6 Å². The maximum Gasteiger partial charge on any atom is 0.228 e. The average molecular weight is 278 g/mol. The van der Waals surface area contributed by atoms with Crippen molar-refractivity contribution >= 4 is 5.95 Å². The molecule has 1 unspecified atom stereocenters. The molecule has 2 rings (SSSR count). The molecule has 1 N–H and O–H groups in total. The number of hydrogen-bond donors (Lipinski definition) is 1. The number of aromatic nitrogens is 2. The second-order valence-electron chi connectivity index (χ2n) is 5.72. The van der Waals surface area contributed by atoms with Crippen molar-refractivity contribution in [2.45, 2.75) is 39.7 Å². The molecular formula is C15H26N4O. The van der Waals surface area contributed by atoms with E-state index in [0.717, 1.165) is 25.6 Å². The Hall–Kier alpha value is -1.36. The molecule has 1 aliphatic heterocycles. The third-order valence-electron chi connectivity index (χ3n) is 3.38. The number of anilines is 1. The number of hydrogen-bond acceptors (Lipinski definition) is 5. The van der Waals surface area contributed by atoms with Gasteiger partial charge in [-0.05, 0) is 32.2 Å². The Morgan fingerprint density at radius 2 is 2.35 bits per heavy atom. The van der Waals surface area contributed by atoms with Gasteiger partial charge in [0, 0.05) is 31.4 Å². The molecule has 1 aromatic rings. The maximum atomic E-state index is 5.48. The fourth-order valence-electron chi connectivity index (χ4n) is 2.57. The number of rotatable bonds is 7. The molecule has 0 radical (unpaired) electrons. The van der Waals surface area contributed by atoms with Gasteiger partial charge in [-0.25, -0.2) is 4.98 Å². The van der Waals surface area contributed by atoms with Crippen LogP contribution < -0.4 is 15.0 Å². The lowest BCUT2D eigenvalue weighted by Gasteiger charge is -2.27. The van der Waals surface area contributed by atoms with Crippen LogP contribution in [0.5, 0.6) is 5.88 Å². The topological polar surface area (TPSA) is 50.3 Å². The summed E-state index contributed by atoms with van der Waals surface area (Å²) in [7, 11) is 0. The predicted octanol–water partition coefficient (Wildman–Crippen LogP) is 2.09. The van der Waals surface area contributed by atoms with Crippen molar-refractivity contribution < 1.29 is 4.74 Å². The van der Waals surface area contributed by atoms with E-state index in [1.807, 2.05) is 13.0 Å². The summed E-state index contributed by atoms with van der Waals surface area (Å²) in [6.45, 7) is 10.1. The van der Waals surface area contributed by atoms with Crippen molar-refractivity contribution in [3.63, 3.8) is 0 Å². The normalized spacial score (nSPS) is 18.5. The van der Waals surface area contributed by atoms with Gasteiger partial charge in [0.05, 0.1) is 6.61 Å². The zero-order chi connectivity index (χ0) is 14.4. The Balaban J connectivity index is 2.09. The minimum Gasteiger partial charge on any atom is -0.478 e. The molecule has 0 amide bonds. The second-order valence-corrected chi connectivity index (χ2v) is 5.72. The Labute approximate surface area is 121 Å². The fourth-order valence-corrected chi connectivity index (χ4v) is 2.57. The van der Waals surface area contributed by atoms with Gasteiger partial charge in [0.25, 0.3) is 0 Å². The first-order chi connectivity index (χ1) is 9.69. The first kappa shape index (κ1) is 15.0. The van der Waals surface area contributed by atoms with Crippen LogP contribution in [0.2, 0.25) is 0 Å². The molecule has 2 heterocycles.